The Bertz CT molecular complexity index is 715. The fraction of sp³-hybridized carbons (Fsp3) is 0.0769. The molecule has 2 aromatic rings. The van der Waals surface area contributed by atoms with Gasteiger partial charge >= 0.3 is 5.82 Å². The molecule has 0 spiro atoms. The second-order valence-electron chi connectivity index (χ2n) is 4.13. The minimum atomic E-state index is -0.731. The molecule has 0 aliphatic carbocycles. The average molecular weight is 286 g/mol. The second-order valence-corrected chi connectivity index (χ2v) is 4.13. The Labute approximate surface area is 119 Å². The summed E-state index contributed by atoms with van der Waals surface area (Å²) in [5, 5.41) is 12.9. The van der Waals surface area contributed by atoms with Gasteiger partial charge in [0.05, 0.1) is 5.56 Å². The number of nitrogens with one attached hydrogen (secondary N) is 1. The highest BCUT2D eigenvalue weighted by atomic mass is 16.6. The summed E-state index contributed by atoms with van der Waals surface area (Å²) in [6.45, 7) is 1.52. The van der Waals surface area contributed by atoms with E-state index in [9.17, 15) is 19.7 Å². The summed E-state index contributed by atoms with van der Waals surface area (Å²) >= 11 is 0. The molecule has 0 aliphatic rings. The first-order valence-corrected chi connectivity index (χ1v) is 5.86. The van der Waals surface area contributed by atoms with Gasteiger partial charge < -0.3 is 10.1 Å². The summed E-state index contributed by atoms with van der Waals surface area (Å²) in [5.74, 6) is -1.79. The molecule has 0 fully saturated rings. The van der Waals surface area contributed by atoms with E-state index in [-0.39, 0.29) is 11.1 Å². The second kappa shape index (κ2) is 5.87. The van der Waals surface area contributed by atoms with Crippen molar-refractivity contribution in [1.82, 2.24) is 15.3 Å². The number of hydrogen-bond donors (Lipinski definition) is 1. The van der Waals surface area contributed by atoms with Gasteiger partial charge in [-0.25, -0.2) is 0 Å². The zero-order chi connectivity index (χ0) is 15.4. The molecule has 8 heteroatoms. The number of carbonyl (C=O) groups is 2. The van der Waals surface area contributed by atoms with E-state index in [0.717, 1.165) is 6.07 Å². The molecule has 0 saturated carbocycles. The number of nitro groups is 1. The molecular formula is C13H10N4O4. The minimum Gasteiger partial charge on any atom is -0.358 e. The number of pyridine rings is 2. The molecule has 106 valence electrons. The molecule has 0 aliphatic heterocycles. The first-order chi connectivity index (χ1) is 9.97. The van der Waals surface area contributed by atoms with Crippen molar-refractivity contribution in [1.29, 1.82) is 0 Å². The smallest absolute Gasteiger partial charge is 0.358 e. The zero-order valence-corrected chi connectivity index (χ0v) is 10.9. The summed E-state index contributed by atoms with van der Waals surface area (Å²) in [7, 11) is 0. The third-order valence-electron chi connectivity index (χ3n) is 2.56. The molecular weight excluding hydrogens is 276 g/mol. The summed E-state index contributed by atoms with van der Waals surface area (Å²) in [6, 6.07) is 5.27. The first kappa shape index (κ1) is 14.3. The van der Waals surface area contributed by atoms with Crippen LogP contribution in [0.15, 0.2) is 36.7 Å². The topological polar surface area (TPSA) is 115 Å². The molecule has 2 rings (SSSR count). The third-order valence-corrected chi connectivity index (χ3v) is 2.56. The van der Waals surface area contributed by atoms with Crippen molar-refractivity contribution in [3.63, 3.8) is 0 Å². The monoisotopic (exact) mass is 286 g/mol. The van der Waals surface area contributed by atoms with Crippen LogP contribution in [0.3, 0.4) is 0 Å². The number of imide groups is 1. The molecule has 0 atom stereocenters. The SMILES string of the molecule is Cc1cc(C(=O)NC(=O)c2ccncc2)cc([N+](=O)[O-])n1. The Morgan fingerprint density at radius 1 is 1.14 bits per heavy atom. The van der Waals surface area contributed by atoms with Gasteiger partial charge in [-0.3, -0.25) is 19.9 Å². The molecule has 2 amide bonds. The number of aromatic nitrogens is 2. The van der Waals surface area contributed by atoms with Gasteiger partial charge in [-0.05, 0) is 28.1 Å². The number of aryl methyl sites for hydroxylation is 1. The van der Waals surface area contributed by atoms with Crippen molar-refractivity contribution in [3.05, 3.63) is 63.6 Å². The highest BCUT2D eigenvalue weighted by Gasteiger charge is 2.17. The van der Waals surface area contributed by atoms with E-state index in [1.807, 2.05) is 0 Å². The largest absolute Gasteiger partial charge is 0.364 e. The van der Waals surface area contributed by atoms with Crippen molar-refractivity contribution < 1.29 is 14.5 Å². The quantitative estimate of drug-likeness (QED) is 0.516. The van der Waals surface area contributed by atoms with Gasteiger partial charge in [-0.2, -0.15) is 0 Å². The number of rotatable bonds is 3. The van der Waals surface area contributed by atoms with E-state index in [4.69, 9.17) is 0 Å². The van der Waals surface area contributed by atoms with E-state index < -0.39 is 22.6 Å². The molecule has 0 aromatic carbocycles. The Kier molecular flexibility index (Phi) is 3.98. The summed E-state index contributed by atoms with van der Waals surface area (Å²) < 4.78 is 0. The highest BCUT2D eigenvalue weighted by Crippen LogP contribution is 2.12. The van der Waals surface area contributed by atoms with E-state index in [2.05, 4.69) is 15.3 Å². The van der Waals surface area contributed by atoms with Gasteiger partial charge in [0.25, 0.3) is 11.8 Å². The highest BCUT2D eigenvalue weighted by molar-refractivity contribution is 6.10. The Morgan fingerprint density at radius 2 is 1.76 bits per heavy atom. The van der Waals surface area contributed by atoms with Crippen LogP contribution < -0.4 is 5.32 Å². The first-order valence-electron chi connectivity index (χ1n) is 5.86. The van der Waals surface area contributed by atoms with Crippen molar-refractivity contribution in [2.75, 3.05) is 0 Å². The number of hydrogen-bond acceptors (Lipinski definition) is 6. The van der Waals surface area contributed by atoms with Gasteiger partial charge in [0.1, 0.15) is 0 Å². The standard InChI is InChI=1S/C13H10N4O4/c1-8-6-10(7-11(15-8)17(20)21)13(19)16-12(18)9-2-4-14-5-3-9/h2-7H,1H3,(H,16,18,19). The maximum absolute atomic E-state index is 12.0. The van der Waals surface area contributed by atoms with Gasteiger partial charge in [-0.15, -0.1) is 0 Å². The van der Waals surface area contributed by atoms with Crippen LogP contribution in [0.5, 0.6) is 0 Å². The summed E-state index contributed by atoms with van der Waals surface area (Å²) in [6.07, 6.45) is 2.83. The molecule has 21 heavy (non-hydrogen) atoms. The predicted molar refractivity (Wildman–Crippen MR) is 71.7 cm³/mol. The van der Waals surface area contributed by atoms with Crippen LogP contribution in [0.1, 0.15) is 26.4 Å². The fourth-order valence-electron chi connectivity index (χ4n) is 1.63. The molecule has 0 radical (unpaired) electrons. The Hall–Kier alpha value is -3.16. The van der Waals surface area contributed by atoms with Crippen LogP contribution in [0.2, 0.25) is 0 Å². The molecule has 8 nitrogen and oxygen atoms in total. The van der Waals surface area contributed by atoms with E-state index in [1.54, 1.807) is 0 Å². The van der Waals surface area contributed by atoms with Crippen LogP contribution in [0.4, 0.5) is 5.82 Å². The maximum atomic E-state index is 12.0. The minimum absolute atomic E-state index is 0.00314. The fourth-order valence-corrected chi connectivity index (χ4v) is 1.63. The van der Waals surface area contributed by atoms with Gasteiger partial charge in [0.15, 0.2) is 5.69 Å². The predicted octanol–water partition coefficient (Wildman–Crippen LogP) is 1.26. The normalized spacial score (nSPS) is 9.95. The van der Waals surface area contributed by atoms with Gasteiger partial charge in [-0.1, -0.05) is 0 Å². The lowest BCUT2D eigenvalue weighted by Crippen LogP contribution is -2.30. The van der Waals surface area contributed by atoms with E-state index in [0.29, 0.717) is 5.69 Å². The molecule has 0 saturated heterocycles. The molecule has 0 bridgehead atoms. The van der Waals surface area contributed by atoms with Crippen molar-refractivity contribution in [2.24, 2.45) is 0 Å². The van der Waals surface area contributed by atoms with Crippen LogP contribution in [-0.2, 0) is 0 Å². The van der Waals surface area contributed by atoms with Crippen LogP contribution in [-0.4, -0.2) is 26.7 Å². The van der Waals surface area contributed by atoms with E-state index >= 15 is 0 Å². The number of nitrogens with zero attached hydrogens (tertiary/aromatic N) is 3. The Balaban J connectivity index is 2.21. The molecule has 1 N–H and O–H groups in total. The Morgan fingerprint density at radius 3 is 2.38 bits per heavy atom. The molecule has 2 heterocycles. The third kappa shape index (κ3) is 3.44. The zero-order valence-electron chi connectivity index (χ0n) is 10.9. The summed E-state index contributed by atoms with van der Waals surface area (Å²) in [5.41, 5.74) is 0.570. The van der Waals surface area contributed by atoms with Gasteiger partial charge in [0, 0.05) is 30.9 Å². The van der Waals surface area contributed by atoms with Crippen LogP contribution in [0, 0.1) is 17.0 Å². The lowest BCUT2D eigenvalue weighted by Gasteiger charge is -2.04. The lowest BCUT2D eigenvalue weighted by atomic mass is 10.2. The van der Waals surface area contributed by atoms with Crippen molar-refractivity contribution in [2.45, 2.75) is 6.92 Å². The number of carbonyl (C=O) groups excluding carboxylic acids is 2. The van der Waals surface area contributed by atoms with Crippen LogP contribution >= 0.6 is 0 Å². The number of amides is 2. The van der Waals surface area contributed by atoms with E-state index in [1.165, 1.54) is 37.5 Å². The average Bonchev–Trinajstić information content (AvgIpc) is 2.47. The maximum Gasteiger partial charge on any atom is 0.364 e. The van der Waals surface area contributed by atoms with Crippen molar-refractivity contribution in [3.8, 4) is 0 Å². The molecule has 2 aromatic heterocycles. The lowest BCUT2D eigenvalue weighted by molar-refractivity contribution is -0.389. The summed E-state index contributed by atoms with van der Waals surface area (Å²) in [4.78, 5) is 41.2. The van der Waals surface area contributed by atoms with Crippen LogP contribution in [0.25, 0.3) is 0 Å². The van der Waals surface area contributed by atoms with Gasteiger partial charge in [0.2, 0.25) is 0 Å². The molecule has 0 unspecified atom stereocenters. The van der Waals surface area contributed by atoms with Crippen molar-refractivity contribution >= 4 is 17.6 Å².